The maximum Gasteiger partial charge on any atom is 0.472 e. The minimum absolute atomic E-state index is 0.105. The Balaban J connectivity index is 5.26. The summed E-state index contributed by atoms with van der Waals surface area (Å²) in [5.41, 5.74) is 0. The molecule has 0 aliphatic carbocycles. The van der Waals surface area contributed by atoms with Crippen LogP contribution < -0.4 is 0 Å². The van der Waals surface area contributed by atoms with Crippen molar-refractivity contribution in [3.8, 4) is 0 Å². The predicted molar refractivity (Wildman–Crippen MR) is 363 cm³/mol. The maximum absolute atomic E-state index is 13.0. The molecule has 0 aromatic heterocycles. The van der Waals surface area contributed by atoms with Crippen LogP contribution in [-0.2, 0) is 65.4 Å². The van der Waals surface area contributed by atoms with Gasteiger partial charge in [-0.2, -0.15) is 0 Å². The van der Waals surface area contributed by atoms with Crippen molar-refractivity contribution in [3.05, 3.63) is 0 Å². The maximum atomic E-state index is 13.0. The SMILES string of the molecule is CCCCCCCCCCCCCCCCC(=O)OC[C@H](COP(=O)(O)OC[C@@H](O)COP(=O)(O)OC[C@@H](COC(=O)CCCCCCCCCCCC)OC(=O)CCCCCCCCCCCC(C)C)OC(=O)CCCCCCCCCCCCC(C)CC. The fourth-order valence-corrected chi connectivity index (χ4v) is 12.3. The Morgan fingerprint density at radius 2 is 0.567 bits per heavy atom. The molecule has 0 spiro atoms. The molecule has 0 saturated carbocycles. The molecule has 6 atom stereocenters. The van der Waals surface area contributed by atoms with E-state index in [-0.39, 0.29) is 25.7 Å². The topological polar surface area (TPSA) is 237 Å². The summed E-state index contributed by atoms with van der Waals surface area (Å²) in [5.74, 6) is -0.582. The summed E-state index contributed by atoms with van der Waals surface area (Å²) < 4.78 is 68.3. The van der Waals surface area contributed by atoms with E-state index in [0.717, 1.165) is 102 Å². The van der Waals surface area contributed by atoms with Crippen LogP contribution in [0.5, 0.6) is 0 Å². The first-order valence-electron chi connectivity index (χ1n) is 37.0. The van der Waals surface area contributed by atoms with E-state index >= 15 is 0 Å². The minimum Gasteiger partial charge on any atom is -0.462 e. The van der Waals surface area contributed by atoms with Gasteiger partial charge >= 0.3 is 39.5 Å². The number of unbranched alkanes of at least 4 members (excludes halogenated alkanes) is 39. The number of esters is 4. The fraction of sp³-hybridized carbons (Fsp3) is 0.944. The molecule has 0 radical (unpaired) electrons. The molecule has 0 heterocycles. The van der Waals surface area contributed by atoms with Crippen molar-refractivity contribution in [2.75, 3.05) is 39.6 Å². The van der Waals surface area contributed by atoms with Crippen LogP contribution in [-0.4, -0.2) is 96.7 Å². The first-order chi connectivity index (χ1) is 43.4. The van der Waals surface area contributed by atoms with Gasteiger partial charge in [0.05, 0.1) is 26.4 Å². The van der Waals surface area contributed by atoms with E-state index < -0.39 is 97.5 Å². The molecule has 0 aliphatic rings. The Labute approximate surface area is 549 Å². The lowest BCUT2D eigenvalue weighted by molar-refractivity contribution is -0.161. The molecule has 0 aromatic rings. The number of aliphatic hydroxyl groups is 1. The van der Waals surface area contributed by atoms with Gasteiger partial charge in [-0.1, -0.05) is 311 Å². The van der Waals surface area contributed by atoms with Crippen molar-refractivity contribution < 1.29 is 80.2 Å². The van der Waals surface area contributed by atoms with E-state index in [4.69, 9.17) is 37.0 Å². The minimum atomic E-state index is -4.95. The molecule has 0 saturated heterocycles. The number of carbonyl (C=O) groups excluding carboxylic acids is 4. The van der Waals surface area contributed by atoms with Gasteiger partial charge in [-0.05, 0) is 37.5 Å². The summed E-state index contributed by atoms with van der Waals surface area (Å²) in [6.07, 6.45) is 48.4. The quantitative estimate of drug-likeness (QED) is 0.0222. The second kappa shape index (κ2) is 63.1. The first kappa shape index (κ1) is 88.1. The lowest BCUT2D eigenvalue weighted by Crippen LogP contribution is -2.30. The van der Waals surface area contributed by atoms with Gasteiger partial charge in [0.2, 0.25) is 0 Å². The number of ether oxygens (including phenoxy) is 4. The van der Waals surface area contributed by atoms with E-state index in [9.17, 15) is 43.2 Å². The second-order valence-corrected chi connectivity index (χ2v) is 29.3. The molecular formula is C71H138O17P2. The van der Waals surface area contributed by atoms with Crippen LogP contribution in [0.15, 0.2) is 0 Å². The highest BCUT2D eigenvalue weighted by Gasteiger charge is 2.30. The van der Waals surface area contributed by atoms with Crippen LogP contribution in [0.25, 0.3) is 0 Å². The smallest absolute Gasteiger partial charge is 0.462 e. The first-order valence-corrected chi connectivity index (χ1v) is 40.0. The Bertz CT molecular complexity index is 1750. The van der Waals surface area contributed by atoms with Gasteiger partial charge in [0.1, 0.15) is 19.3 Å². The molecule has 0 bridgehead atoms. The van der Waals surface area contributed by atoms with Crippen molar-refractivity contribution in [3.63, 3.8) is 0 Å². The van der Waals surface area contributed by atoms with Crippen LogP contribution in [0.4, 0.5) is 0 Å². The molecule has 3 N–H and O–H groups in total. The summed E-state index contributed by atoms with van der Waals surface area (Å²) in [6.45, 7) is 9.55. The normalized spacial score (nSPS) is 14.4. The third-order valence-electron chi connectivity index (χ3n) is 16.8. The zero-order valence-electron chi connectivity index (χ0n) is 58.4. The van der Waals surface area contributed by atoms with Gasteiger partial charge in [0.25, 0.3) is 0 Å². The second-order valence-electron chi connectivity index (χ2n) is 26.3. The van der Waals surface area contributed by atoms with E-state index in [0.29, 0.717) is 25.7 Å². The van der Waals surface area contributed by atoms with Crippen LogP contribution in [0.3, 0.4) is 0 Å². The Hall–Kier alpha value is -1.94. The van der Waals surface area contributed by atoms with Gasteiger partial charge in [0, 0.05) is 25.7 Å². The molecule has 0 aromatic carbocycles. The number of rotatable bonds is 70. The van der Waals surface area contributed by atoms with Gasteiger partial charge in [-0.15, -0.1) is 0 Å². The van der Waals surface area contributed by atoms with Gasteiger partial charge < -0.3 is 33.8 Å². The van der Waals surface area contributed by atoms with Gasteiger partial charge in [-0.25, -0.2) is 9.13 Å². The molecule has 0 rings (SSSR count). The average Bonchev–Trinajstić information content (AvgIpc) is 3.17. The van der Waals surface area contributed by atoms with E-state index in [2.05, 4.69) is 41.5 Å². The number of hydrogen-bond acceptors (Lipinski definition) is 15. The van der Waals surface area contributed by atoms with Crippen LogP contribution in [0.1, 0.15) is 363 Å². The number of carbonyl (C=O) groups is 4. The lowest BCUT2D eigenvalue weighted by atomic mass is 9.99. The van der Waals surface area contributed by atoms with Crippen LogP contribution >= 0.6 is 15.6 Å². The number of phosphoric acid groups is 2. The van der Waals surface area contributed by atoms with E-state index in [1.165, 1.54) is 180 Å². The zero-order valence-corrected chi connectivity index (χ0v) is 60.2. The predicted octanol–water partition coefficient (Wildman–Crippen LogP) is 20.4. The Morgan fingerprint density at radius 3 is 0.844 bits per heavy atom. The summed E-state index contributed by atoms with van der Waals surface area (Å²) in [5, 5.41) is 10.6. The molecule has 0 aliphatic heterocycles. The summed E-state index contributed by atoms with van der Waals surface area (Å²) in [7, 11) is -9.90. The molecule has 3 unspecified atom stereocenters. The summed E-state index contributed by atoms with van der Waals surface area (Å²) in [6, 6.07) is 0. The van der Waals surface area contributed by atoms with Gasteiger partial charge in [0.15, 0.2) is 12.2 Å². The highest BCUT2D eigenvalue weighted by molar-refractivity contribution is 7.47. The van der Waals surface area contributed by atoms with Crippen molar-refractivity contribution in [2.45, 2.75) is 381 Å². The summed E-state index contributed by atoms with van der Waals surface area (Å²) >= 11 is 0. The lowest BCUT2D eigenvalue weighted by Gasteiger charge is -2.21. The zero-order chi connectivity index (χ0) is 66.5. The molecule has 19 heteroatoms. The number of hydrogen-bond donors (Lipinski definition) is 3. The molecule has 0 fully saturated rings. The van der Waals surface area contributed by atoms with Crippen LogP contribution in [0.2, 0.25) is 0 Å². The number of phosphoric ester groups is 2. The van der Waals surface area contributed by atoms with Crippen molar-refractivity contribution in [1.82, 2.24) is 0 Å². The number of aliphatic hydroxyl groups excluding tert-OH is 1. The van der Waals surface area contributed by atoms with E-state index in [1.807, 2.05) is 0 Å². The van der Waals surface area contributed by atoms with E-state index in [1.54, 1.807) is 0 Å². The fourth-order valence-electron chi connectivity index (χ4n) is 10.7. The van der Waals surface area contributed by atoms with Gasteiger partial charge in [-0.3, -0.25) is 37.3 Å². The van der Waals surface area contributed by atoms with Crippen molar-refractivity contribution in [2.24, 2.45) is 11.8 Å². The van der Waals surface area contributed by atoms with Crippen molar-refractivity contribution in [1.29, 1.82) is 0 Å². The Morgan fingerprint density at radius 1 is 0.322 bits per heavy atom. The molecule has 90 heavy (non-hydrogen) atoms. The third kappa shape index (κ3) is 63.5. The van der Waals surface area contributed by atoms with Crippen molar-refractivity contribution >= 4 is 39.5 Å². The standard InChI is InChI=1S/C71H138O17P2/c1-7-10-12-14-16-18-20-21-22-23-30-36-42-48-54-69(74)82-60-66(87-70(75)55-49-43-37-31-25-24-28-34-40-46-52-64(6)9-3)61-85-89(77,78)83-57-65(72)58-84-90(79,80)86-62-67(59-81-68(73)53-47-41-35-29-19-17-15-13-11-8-2)88-71(76)56-50-44-38-32-26-27-33-39-45-51-63(4)5/h63-67,72H,7-62H2,1-6H3,(H,77,78)(H,79,80)/t64?,65-,66-,67-/m1/s1. The monoisotopic (exact) mass is 1320 g/mol. The Kier molecular flexibility index (Phi) is 61.8. The average molecular weight is 1330 g/mol. The van der Waals surface area contributed by atoms with Crippen LogP contribution in [0, 0.1) is 11.8 Å². The molecule has 0 amide bonds. The highest BCUT2D eigenvalue weighted by Crippen LogP contribution is 2.45. The molecule has 534 valence electrons. The molecular weight excluding hydrogens is 1190 g/mol. The largest absolute Gasteiger partial charge is 0.472 e. The highest BCUT2D eigenvalue weighted by atomic mass is 31.2. The third-order valence-corrected chi connectivity index (χ3v) is 18.7. The summed E-state index contributed by atoms with van der Waals surface area (Å²) in [4.78, 5) is 72.6. The molecule has 17 nitrogen and oxygen atoms in total.